The van der Waals surface area contributed by atoms with Gasteiger partial charge in [-0.1, -0.05) is 0 Å². The normalized spacial score (nSPS) is 31.0. The number of aliphatic hydroxyl groups is 3. The van der Waals surface area contributed by atoms with E-state index in [0.29, 0.717) is 0 Å². The van der Waals surface area contributed by atoms with E-state index in [-0.39, 0.29) is 17.0 Å². The van der Waals surface area contributed by atoms with Gasteiger partial charge in [-0.2, -0.15) is 17.9 Å². The number of phosphoric ester groups is 2. The van der Waals surface area contributed by atoms with Crippen molar-refractivity contribution in [2.24, 2.45) is 0 Å². The summed E-state index contributed by atoms with van der Waals surface area (Å²) in [6.45, 7) is -2.12. The van der Waals surface area contributed by atoms with Gasteiger partial charge in [-0.05, 0) is 18.3 Å². The van der Waals surface area contributed by atoms with Crippen molar-refractivity contribution in [1.82, 2.24) is 19.1 Å². The summed E-state index contributed by atoms with van der Waals surface area (Å²) < 4.78 is 81.7. The Morgan fingerprint density at radius 3 is 1.96 bits per heavy atom. The summed E-state index contributed by atoms with van der Waals surface area (Å²) in [5.74, 6) is -0.0976. The molecule has 2 aromatic rings. The Morgan fingerprint density at radius 1 is 0.854 bits per heavy atom. The number of aromatic nitrogens is 4. The number of hydrogen-bond acceptors (Lipinski definition) is 19. The Morgan fingerprint density at radius 2 is 1.40 bits per heavy atom. The van der Waals surface area contributed by atoms with Crippen LogP contribution in [0, 0.1) is 4.77 Å². The van der Waals surface area contributed by atoms with Crippen LogP contribution in [0.5, 0.6) is 0 Å². The van der Waals surface area contributed by atoms with E-state index in [1.807, 2.05) is 0 Å². The van der Waals surface area contributed by atoms with Crippen molar-refractivity contribution in [1.29, 1.82) is 0 Å². The molecule has 10 N–H and O–H groups in total. The molecule has 0 amide bonds. The number of hydrogen-bond donors (Lipinski definition) is 9. The number of aliphatic hydroxyl groups excluding tert-OH is 3. The quantitative estimate of drug-likeness (QED) is 0.0776. The molecule has 4 rings (SSSR count). The minimum absolute atomic E-state index is 0.0976. The predicted molar refractivity (Wildman–Crippen MR) is 154 cm³/mol. The van der Waals surface area contributed by atoms with E-state index in [1.165, 1.54) is 12.3 Å². The van der Waals surface area contributed by atoms with Gasteiger partial charge >= 0.3 is 37.0 Å². The van der Waals surface area contributed by atoms with Gasteiger partial charge in [-0.15, -0.1) is 0 Å². The molecule has 11 atom stereocenters. The zero-order valence-electron chi connectivity index (χ0n) is 23.5. The van der Waals surface area contributed by atoms with Gasteiger partial charge in [0, 0.05) is 24.9 Å². The van der Waals surface area contributed by atoms with Crippen molar-refractivity contribution in [2.45, 2.75) is 49.4 Å². The third-order valence-corrected chi connectivity index (χ3v) is 12.5. The molecule has 0 radical (unpaired) electrons. The van der Waals surface area contributed by atoms with Crippen LogP contribution in [0.25, 0.3) is 0 Å². The summed E-state index contributed by atoms with van der Waals surface area (Å²) in [5.41, 5.74) is 3.97. The number of nitrogens with two attached hydrogens (primary N) is 1. The number of phosphoric acid groups is 4. The van der Waals surface area contributed by atoms with Crippen LogP contribution in [0.15, 0.2) is 34.1 Å². The number of nitrogens with zero attached hydrogens (tertiary/aromatic N) is 3. The number of aromatic amines is 1. The average molecular weight is 789 g/mol. The molecule has 0 bridgehead atoms. The van der Waals surface area contributed by atoms with Crippen LogP contribution in [0.4, 0.5) is 5.82 Å². The number of H-pyrrole nitrogens is 1. The lowest BCUT2D eigenvalue weighted by atomic mass is 10.1. The Hall–Kier alpha value is -1.86. The van der Waals surface area contributed by atoms with Gasteiger partial charge in [0.1, 0.15) is 36.5 Å². The SMILES string of the molecule is Nc1ccn([C@H]2C[C@H](O)[C@@H](COP(=O)(O)OP(=O)(O)OP(=O)(O)OP(=O)(O)OC[C@H]3O[C@@H](n4ccc(=O)[nH]c4=S)[C@H](O)[C@@H]3O)O2)c(=O)n1. The highest BCUT2D eigenvalue weighted by Gasteiger charge is 2.48. The molecule has 0 aromatic carbocycles. The van der Waals surface area contributed by atoms with Crippen LogP contribution < -0.4 is 17.0 Å². The van der Waals surface area contributed by atoms with Crippen molar-refractivity contribution in [3.63, 3.8) is 0 Å². The molecule has 0 spiro atoms. The van der Waals surface area contributed by atoms with Crippen LogP contribution in [-0.2, 0) is 49.7 Å². The van der Waals surface area contributed by atoms with Crippen molar-refractivity contribution in [2.75, 3.05) is 18.9 Å². The van der Waals surface area contributed by atoms with Crippen molar-refractivity contribution in [3.05, 3.63) is 50.1 Å². The summed E-state index contributed by atoms with van der Waals surface area (Å²) in [4.78, 5) is 68.2. The lowest BCUT2D eigenvalue weighted by molar-refractivity contribution is -0.0533. The molecule has 2 aliphatic heterocycles. The molecule has 30 heteroatoms. The van der Waals surface area contributed by atoms with Gasteiger partial charge in [0.15, 0.2) is 11.0 Å². The maximum atomic E-state index is 12.3. The number of rotatable bonds is 14. The molecule has 4 heterocycles. The van der Waals surface area contributed by atoms with Crippen LogP contribution in [0.3, 0.4) is 0 Å². The first-order valence-electron chi connectivity index (χ1n) is 12.8. The molecular formula is C18H27N5O20P4S. The summed E-state index contributed by atoms with van der Waals surface area (Å²) in [5, 5.41) is 30.7. The summed E-state index contributed by atoms with van der Waals surface area (Å²) >= 11 is 4.94. The van der Waals surface area contributed by atoms with Crippen LogP contribution in [0.2, 0.25) is 0 Å². The van der Waals surface area contributed by atoms with E-state index in [9.17, 15) is 62.7 Å². The number of nitrogens with one attached hydrogen (secondary N) is 1. The molecule has 2 aromatic heterocycles. The summed E-state index contributed by atoms with van der Waals surface area (Å²) in [6, 6.07) is 2.27. The zero-order chi connectivity index (χ0) is 35.8. The lowest BCUT2D eigenvalue weighted by Gasteiger charge is -2.21. The van der Waals surface area contributed by atoms with E-state index in [0.717, 1.165) is 21.4 Å². The second kappa shape index (κ2) is 14.8. The minimum atomic E-state index is -6.16. The number of anilines is 1. The molecule has 2 fully saturated rings. The lowest BCUT2D eigenvalue weighted by Crippen LogP contribution is -2.34. The van der Waals surface area contributed by atoms with Crippen molar-refractivity contribution in [3.8, 4) is 0 Å². The Bertz CT molecular complexity index is 1870. The highest BCUT2D eigenvalue weighted by atomic mass is 32.1. The average Bonchev–Trinajstić information content (AvgIpc) is 3.42. The maximum Gasteiger partial charge on any atom is 0.490 e. The first-order valence-corrected chi connectivity index (χ1v) is 19.2. The van der Waals surface area contributed by atoms with Gasteiger partial charge in [-0.3, -0.25) is 28.0 Å². The molecule has 2 aliphatic rings. The number of ether oxygens (including phenoxy) is 2. The fourth-order valence-corrected chi connectivity index (χ4v) is 9.43. The molecular weight excluding hydrogens is 762 g/mol. The van der Waals surface area contributed by atoms with Gasteiger partial charge in [0.05, 0.1) is 19.3 Å². The first kappa shape index (κ1) is 38.9. The standard InChI is InChI=1S/C18H27N5O20P4S/c19-11-1-3-22(17(28)20-11)13-5-8(24)9(39-13)6-37-44(29,30)41-46(33,34)43-47(35,36)42-45(31,32)38-7-10-14(26)15(27)16(40-10)23-4-2-12(25)21-18(23)48/h1-4,8-10,13-16,24,26-27H,5-7H2,(H,29,30)(H,31,32)(H,33,34)(H,35,36)(H2,19,20,28)(H,21,25,48)/t8-,9+,10+,13+,14+,15+,16+/m0/s1. The fourth-order valence-electron chi connectivity index (χ4n) is 4.21. The third-order valence-electron chi connectivity index (χ3n) is 6.25. The molecule has 270 valence electrons. The van der Waals surface area contributed by atoms with Crippen LogP contribution >= 0.6 is 43.5 Å². The maximum absolute atomic E-state index is 12.3. The molecule has 48 heavy (non-hydrogen) atoms. The summed E-state index contributed by atoms with van der Waals surface area (Å²) in [7, 11) is -23.7. The second-order valence-corrected chi connectivity index (χ2v) is 16.4. The van der Waals surface area contributed by atoms with Crippen molar-refractivity contribution < 1.29 is 84.6 Å². The second-order valence-electron chi connectivity index (χ2n) is 9.75. The highest BCUT2D eigenvalue weighted by Crippen LogP contribution is 2.71. The van der Waals surface area contributed by atoms with E-state index >= 15 is 0 Å². The Labute approximate surface area is 271 Å². The Kier molecular flexibility index (Phi) is 12.0. The van der Waals surface area contributed by atoms with E-state index in [4.69, 9.17) is 27.4 Å². The topological polar surface area (TPSA) is 373 Å². The smallest absolute Gasteiger partial charge is 0.390 e. The Balaban J connectivity index is 1.29. The molecule has 25 nitrogen and oxygen atoms in total. The largest absolute Gasteiger partial charge is 0.490 e. The first-order chi connectivity index (χ1) is 22.1. The predicted octanol–water partition coefficient (Wildman–Crippen LogP) is -1.50. The number of nitrogen functional groups attached to an aromatic ring is 1. The van der Waals surface area contributed by atoms with Crippen molar-refractivity contribution >= 4 is 49.3 Å². The van der Waals surface area contributed by atoms with Gasteiger partial charge in [0.2, 0.25) is 0 Å². The zero-order valence-corrected chi connectivity index (χ0v) is 27.9. The monoisotopic (exact) mass is 789 g/mol. The van der Waals surface area contributed by atoms with E-state index in [1.54, 1.807) is 0 Å². The van der Waals surface area contributed by atoms with Gasteiger partial charge in [-0.25, -0.2) is 23.1 Å². The minimum Gasteiger partial charge on any atom is -0.390 e. The third kappa shape index (κ3) is 10.1. The summed E-state index contributed by atoms with van der Waals surface area (Å²) in [6.07, 6.45) is -8.47. The van der Waals surface area contributed by atoms with Gasteiger partial charge in [0.25, 0.3) is 5.56 Å². The van der Waals surface area contributed by atoms with E-state index in [2.05, 4.69) is 31.9 Å². The highest BCUT2D eigenvalue weighted by molar-refractivity contribution is 7.71. The molecule has 0 saturated carbocycles. The van der Waals surface area contributed by atoms with Gasteiger partial charge < -0.3 is 50.1 Å². The fraction of sp³-hybridized carbons (Fsp3) is 0.556. The van der Waals surface area contributed by atoms with Crippen LogP contribution in [-0.4, -0.2) is 97.7 Å². The van der Waals surface area contributed by atoms with E-state index < -0.39 is 98.7 Å². The molecule has 2 saturated heterocycles. The van der Waals surface area contributed by atoms with Crippen LogP contribution in [0.1, 0.15) is 18.9 Å². The molecule has 4 unspecified atom stereocenters. The molecule has 0 aliphatic carbocycles.